The minimum Gasteiger partial charge on any atom is -0.508 e. The predicted octanol–water partition coefficient (Wildman–Crippen LogP) is 6.15. The number of hydrogen-bond acceptors (Lipinski definition) is 4. The molecule has 0 radical (unpaired) electrons. The van der Waals surface area contributed by atoms with E-state index in [0.717, 1.165) is 12.1 Å². The predicted molar refractivity (Wildman–Crippen MR) is 129 cm³/mol. The first kappa shape index (κ1) is 26.5. The summed E-state index contributed by atoms with van der Waals surface area (Å²) in [6.45, 7) is 0. The van der Waals surface area contributed by atoms with Gasteiger partial charge in [0.2, 0.25) is 0 Å². The highest BCUT2D eigenvalue weighted by molar-refractivity contribution is 5.50. The Bertz CT molecular complexity index is 1480. The van der Waals surface area contributed by atoms with Gasteiger partial charge in [-0.25, -0.2) is 4.39 Å². The van der Waals surface area contributed by atoms with E-state index in [9.17, 15) is 32.9 Å². The van der Waals surface area contributed by atoms with Crippen LogP contribution in [-0.4, -0.2) is 20.4 Å². The lowest BCUT2D eigenvalue weighted by Crippen LogP contribution is -2.04. The third-order valence-electron chi connectivity index (χ3n) is 4.64. The largest absolute Gasteiger partial charge is 0.508 e. The SMILES string of the molecule is Oc1cc(O)cc(C#Cc2ccc(F)cc2)c1.Oc1ccc(C#Cc2ccc(C(F)(F)F)cc2)cc1O. The van der Waals surface area contributed by atoms with Crippen LogP contribution in [-0.2, 0) is 6.18 Å². The lowest BCUT2D eigenvalue weighted by molar-refractivity contribution is -0.137. The molecule has 0 spiro atoms. The number of halogens is 4. The molecule has 8 heteroatoms. The number of rotatable bonds is 0. The smallest absolute Gasteiger partial charge is 0.416 e. The van der Waals surface area contributed by atoms with Gasteiger partial charge in [0, 0.05) is 28.3 Å². The molecule has 0 heterocycles. The molecule has 0 fully saturated rings. The number of aromatic hydroxyl groups is 4. The Kier molecular flexibility index (Phi) is 8.29. The molecule has 0 amide bonds. The van der Waals surface area contributed by atoms with Crippen molar-refractivity contribution in [2.45, 2.75) is 6.18 Å². The standard InChI is InChI=1S/C15H9F3O2.C14H9FO2/c16-15(17,18)12-6-3-10(4-7-12)1-2-11-5-8-13(19)14(20)9-11;15-12-5-3-10(4-6-12)1-2-11-7-13(16)9-14(17)8-11/h3-9,19-20H;3-9,16-17H. The van der Waals surface area contributed by atoms with Crippen LogP contribution in [0.25, 0.3) is 0 Å². The molecule has 0 saturated heterocycles. The molecule has 4 aromatic carbocycles. The van der Waals surface area contributed by atoms with E-state index in [0.29, 0.717) is 22.3 Å². The van der Waals surface area contributed by atoms with Crippen LogP contribution in [0.1, 0.15) is 27.8 Å². The van der Waals surface area contributed by atoms with Crippen molar-refractivity contribution in [1.29, 1.82) is 0 Å². The summed E-state index contributed by atoms with van der Waals surface area (Å²) in [5.74, 6) is 9.96. The summed E-state index contributed by atoms with van der Waals surface area (Å²) in [5, 5.41) is 36.9. The lowest BCUT2D eigenvalue weighted by Gasteiger charge is -2.05. The highest BCUT2D eigenvalue weighted by Crippen LogP contribution is 2.29. The van der Waals surface area contributed by atoms with E-state index in [1.54, 1.807) is 12.1 Å². The highest BCUT2D eigenvalue weighted by atomic mass is 19.4. The molecule has 0 atom stereocenters. The maximum atomic E-state index is 12.6. The van der Waals surface area contributed by atoms with Gasteiger partial charge in [0.15, 0.2) is 11.5 Å². The fourth-order valence-electron chi connectivity index (χ4n) is 2.83. The Hall–Kier alpha value is -5.08. The molecule has 0 aliphatic rings. The van der Waals surface area contributed by atoms with Gasteiger partial charge in [-0.05, 0) is 78.9 Å². The highest BCUT2D eigenvalue weighted by Gasteiger charge is 2.29. The zero-order valence-corrected chi connectivity index (χ0v) is 18.9. The molecule has 0 bridgehead atoms. The Morgan fingerprint density at radius 1 is 0.486 bits per heavy atom. The quantitative estimate of drug-likeness (QED) is 0.131. The van der Waals surface area contributed by atoms with E-state index in [1.165, 1.54) is 60.7 Å². The Balaban J connectivity index is 0.000000208. The molecule has 4 N–H and O–H groups in total. The minimum atomic E-state index is -4.37. The summed E-state index contributed by atoms with van der Waals surface area (Å²) >= 11 is 0. The zero-order chi connectivity index (χ0) is 27.0. The van der Waals surface area contributed by atoms with Crippen molar-refractivity contribution in [1.82, 2.24) is 0 Å². The first-order valence-electron chi connectivity index (χ1n) is 10.5. The fourth-order valence-corrected chi connectivity index (χ4v) is 2.83. The summed E-state index contributed by atoms with van der Waals surface area (Å²) in [6.07, 6.45) is -4.37. The van der Waals surface area contributed by atoms with Crippen LogP contribution in [0.3, 0.4) is 0 Å². The van der Waals surface area contributed by atoms with Crippen LogP contribution in [0.5, 0.6) is 23.0 Å². The van der Waals surface area contributed by atoms with Crippen LogP contribution in [0.4, 0.5) is 17.6 Å². The summed E-state index contributed by atoms with van der Waals surface area (Å²) in [4.78, 5) is 0. The van der Waals surface area contributed by atoms with E-state index in [4.69, 9.17) is 5.11 Å². The summed E-state index contributed by atoms with van der Waals surface area (Å²) in [6, 6.07) is 18.4. The molecule has 0 aliphatic heterocycles. The normalized spacial score (nSPS) is 10.2. The van der Waals surface area contributed by atoms with Crippen LogP contribution in [0.15, 0.2) is 84.9 Å². The van der Waals surface area contributed by atoms with Crippen LogP contribution < -0.4 is 0 Å². The first-order chi connectivity index (χ1) is 17.5. The molecule has 4 rings (SSSR count). The monoisotopic (exact) mass is 506 g/mol. The van der Waals surface area contributed by atoms with Gasteiger partial charge < -0.3 is 20.4 Å². The molecule has 4 aromatic rings. The summed E-state index contributed by atoms with van der Waals surface area (Å²) < 4.78 is 49.7. The lowest BCUT2D eigenvalue weighted by atomic mass is 10.1. The Morgan fingerprint density at radius 3 is 1.46 bits per heavy atom. The second kappa shape index (κ2) is 11.6. The second-order valence-corrected chi connectivity index (χ2v) is 7.52. The van der Waals surface area contributed by atoms with Crippen molar-refractivity contribution in [2.24, 2.45) is 0 Å². The Morgan fingerprint density at radius 2 is 0.946 bits per heavy atom. The third-order valence-corrected chi connectivity index (χ3v) is 4.64. The molecule has 4 nitrogen and oxygen atoms in total. The van der Waals surface area contributed by atoms with Crippen molar-refractivity contribution >= 4 is 0 Å². The van der Waals surface area contributed by atoms with E-state index in [1.807, 2.05) is 0 Å². The average Bonchev–Trinajstić information content (AvgIpc) is 2.84. The maximum absolute atomic E-state index is 12.6. The van der Waals surface area contributed by atoms with Crippen molar-refractivity contribution in [3.8, 4) is 46.7 Å². The van der Waals surface area contributed by atoms with Gasteiger partial charge in [-0.2, -0.15) is 13.2 Å². The molecule has 0 aromatic heterocycles. The van der Waals surface area contributed by atoms with Crippen molar-refractivity contribution in [2.75, 3.05) is 0 Å². The topological polar surface area (TPSA) is 80.9 Å². The molecule has 37 heavy (non-hydrogen) atoms. The molecule has 0 saturated carbocycles. The second-order valence-electron chi connectivity index (χ2n) is 7.52. The summed E-state index contributed by atoms with van der Waals surface area (Å²) in [5.41, 5.74) is 1.29. The van der Waals surface area contributed by atoms with Crippen LogP contribution in [0.2, 0.25) is 0 Å². The van der Waals surface area contributed by atoms with Gasteiger partial charge in [0.25, 0.3) is 0 Å². The van der Waals surface area contributed by atoms with Crippen molar-refractivity contribution in [3.05, 3.63) is 119 Å². The zero-order valence-electron chi connectivity index (χ0n) is 18.9. The third kappa shape index (κ3) is 8.27. The average molecular weight is 506 g/mol. The van der Waals surface area contributed by atoms with Gasteiger partial charge in [-0.1, -0.05) is 23.7 Å². The fraction of sp³-hybridized carbons (Fsp3) is 0.0345. The van der Waals surface area contributed by atoms with Crippen LogP contribution in [0, 0.1) is 29.5 Å². The van der Waals surface area contributed by atoms with Crippen LogP contribution >= 0.6 is 0 Å². The number of hydrogen-bond donors (Lipinski definition) is 4. The molecular weight excluding hydrogens is 488 g/mol. The van der Waals surface area contributed by atoms with Gasteiger partial charge in [0.05, 0.1) is 5.56 Å². The molecular formula is C29H18F4O4. The number of phenolic OH excluding ortho intramolecular Hbond substituents is 4. The van der Waals surface area contributed by atoms with E-state index < -0.39 is 11.7 Å². The van der Waals surface area contributed by atoms with E-state index in [2.05, 4.69) is 23.7 Å². The summed E-state index contributed by atoms with van der Waals surface area (Å²) in [7, 11) is 0. The van der Waals surface area contributed by atoms with Crippen molar-refractivity contribution in [3.63, 3.8) is 0 Å². The number of alkyl halides is 3. The molecule has 186 valence electrons. The van der Waals surface area contributed by atoms with Gasteiger partial charge >= 0.3 is 6.18 Å². The number of phenols is 4. The molecule has 0 unspecified atom stereocenters. The van der Waals surface area contributed by atoms with Gasteiger partial charge in [0.1, 0.15) is 17.3 Å². The van der Waals surface area contributed by atoms with Gasteiger partial charge in [-0.3, -0.25) is 0 Å². The van der Waals surface area contributed by atoms with E-state index >= 15 is 0 Å². The Labute approximate surface area is 209 Å². The minimum absolute atomic E-state index is 0.0478. The first-order valence-corrected chi connectivity index (χ1v) is 10.5. The number of benzene rings is 4. The maximum Gasteiger partial charge on any atom is 0.416 e. The molecule has 0 aliphatic carbocycles. The van der Waals surface area contributed by atoms with E-state index in [-0.39, 0.29) is 28.8 Å². The van der Waals surface area contributed by atoms with Crippen molar-refractivity contribution < 1.29 is 38.0 Å². The van der Waals surface area contributed by atoms with Gasteiger partial charge in [-0.15, -0.1) is 0 Å².